The Morgan fingerprint density at radius 3 is 2.38 bits per heavy atom. The minimum absolute atomic E-state index is 0.254. The summed E-state index contributed by atoms with van der Waals surface area (Å²) in [5.74, 6) is -0.953. The molecule has 6 nitrogen and oxygen atoms in total. The fraction of sp³-hybridized carbons (Fsp3) is 0.348. The number of rotatable bonds is 5. The lowest BCUT2D eigenvalue weighted by molar-refractivity contribution is 0.0693. The van der Waals surface area contributed by atoms with Crippen LogP contribution < -0.4 is 5.32 Å². The summed E-state index contributed by atoms with van der Waals surface area (Å²) in [6.07, 6.45) is 3.79. The molecule has 0 bridgehead atoms. The average Bonchev–Trinajstić information content (AvgIpc) is 2.97. The predicted molar refractivity (Wildman–Crippen MR) is 110 cm³/mol. The van der Waals surface area contributed by atoms with E-state index < -0.39 is 0 Å². The molecule has 1 saturated heterocycles. The summed E-state index contributed by atoms with van der Waals surface area (Å²) < 4.78 is 0. The van der Waals surface area contributed by atoms with Crippen molar-refractivity contribution in [2.75, 3.05) is 20.1 Å². The van der Waals surface area contributed by atoms with Crippen LogP contribution in [-0.4, -0.2) is 47.7 Å². The van der Waals surface area contributed by atoms with Crippen molar-refractivity contribution in [2.45, 2.75) is 32.4 Å². The summed E-state index contributed by atoms with van der Waals surface area (Å²) in [6, 6.07) is 12.8. The predicted octanol–water partition coefficient (Wildman–Crippen LogP) is 2.83. The van der Waals surface area contributed by atoms with Crippen molar-refractivity contribution in [3.05, 3.63) is 70.3 Å². The van der Waals surface area contributed by atoms with E-state index in [0.717, 1.165) is 30.1 Å². The molecule has 2 heterocycles. The number of piperidine rings is 1. The second-order valence-electron chi connectivity index (χ2n) is 7.72. The fourth-order valence-electron chi connectivity index (χ4n) is 4.02. The highest BCUT2D eigenvalue weighted by atomic mass is 16.2. The summed E-state index contributed by atoms with van der Waals surface area (Å²) >= 11 is 0. The summed E-state index contributed by atoms with van der Waals surface area (Å²) in [5.41, 5.74) is 3.34. The SMILES string of the molecule is CN1C(=O)c2ccc(C(=O)NCc3ccccc3CN3CCCCC3)cc2C1=O. The van der Waals surface area contributed by atoms with E-state index in [9.17, 15) is 14.4 Å². The maximum absolute atomic E-state index is 12.7. The number of hydrogen-bond donors (Lipinski definition) is 1. The number of fused-ring (bicyclic) bond motifs is 1. The minimum Gasteiger partial charge on any atom is -0.348 e. The van der Waals surface area contributed by atoms with Crippen molar-refractivity contribution in [3.63, 3.8) is 0 Å². The largest absolute Gasteiger partial charge is 0.348 e. The molecule has 29 heavy (non-hydrogen) atoms. The van der Waals surface area contributed by atoms with Crippen LogP contribution in [0.15, 0.2) is 42.5 Å². The van der Waals surface area contributed by atoms with Crippen LogP contribution in [0, 0.1) is 0 Å². The third kappa shape index (κ3) is 3.93. The standard InChI is InChI=1S/C23H25N3O3/c1-25-22(28)19-10-9-16(13-20(19)23(25)29)21(27)24-14-17-7-3-4-8-18(17)15-26-11-5-2-6-12-26/h3-4,7-10,13H,2,5-6,11-12,14-15H2,1H3,(H,24,27). The van der Waals surface area contributed by atoms with Crippen LogP contribution in [0.5, 0.6) is 0 Å². The number of amides is 3. The van der Waals surface area contributed by atoms with E-state index >= 15 is 0 Å². The van der Waals surface area contributed by atoms with E-state index in [-0.39, 0.29) is 23.3 Å². The smallest absolute Gasteiger partial charge is 0.261 e. The second-order valence-corrected chi connectivity index (χ2v) is 7.72. The van der Waals surface area contributed by atoms with Crippen LogP contribution in [0.25, 0.3) is 0 Å². The van der Waals surface area contributed by atoms with Gasteiger partial charge >= 0.3 is 0 Å². The summed E-state index contributed by atoms with van der Waals surface area (Å²) in [4.78, 5) is 40.4. The molecule has 0 unspecified atom stereocenters. The van der Waals surface area contributed by atoms with Gasteiger partial charge in [-0.2, -0.15) is 0 Å². The fourth-order valence-corrected chi connectivity index (χ4v) is 4.02. The molecule has 1 N–H and O–H groups in total. The lowest BCUT2D eigenvalue weighted by atomic mass is 10.0. The molecule has 150 valence electrons. The number of imide groups is 1. The molecular weight excluding hydrogens is 366 g/mol. The van der Waals surface area contributed by atoms with E-state index in [1.165, 1.54) is 37.9 Å². The number of likely N-dealkylation sites (tertiary alicyclic amines) is 1. The maximum Gasteiger partial charge on any atom is 0.261 e. The number of benzene rings is 2. The quantitative estimate of drug-likeness (QED) is 0.796. The molecule has 2 aliphatic heterocycles. The lowest BCUT2D eigenvalue weighted by Crippen LogP contribution is -2.30. The Balaban J connectivity index is 1.44. The molecule has 3 amide bonds. The van der Waals surface area contributed by atoms with Crippen LogP contribution in [0.3, 0.4) is 0 Å². The Kier molecular flexibility index (Phi) is 5.45. The zero-order chi connectivity index (χ0) is 20.4. The normalized spacial score (nSPS) is 16.8. The molecule has 6 heteroatoms. The Bertz CT molecular complexity index is 964. The molecule has 2 aromatic rings. The monoisotopic (exact) mass is 391 g/mol. The van der Waals surface area contributed by atoms with Crippen molar-refractivity contribution in [1.82, 2.24) is 15.1 Å². The number of nitrogens with one attached hydrogen (secondary N) is 1. The molecule has 2 aromatic carbocycles. The van der Waals surface area contributed by atoms with Gasteiger partial charge in [0.2, 0.25) is 0 Å². The van der Waals surface area contributed by atoms with Gasteiger partial charge < -0.3 is 5.32 Å². The van der Waals surface area contributed by atoms with Crippen LogP contribution in [0.2, 0.25) is 0 Å². The van der Waals surface area contributed by atoms with Crippen molar-refractivity contribution in [3.8, 4) is 0 Å². The van der Waals surface area contributed by atoms with E-state index in [4.69, 9.17) is 0 Å². The third-order valence-corrected chi connectivity index (χ3v) is 5.75. The Hall–Kier alpha value is -2.99. The first-order valence-electron chi connectivity index (χ1n) is 10.1. The van der Waals surface area contributed by atoms with Crippen LogP contribution in [-0.2, 0) is 13.1 Å². The van der Waals surface area contributed by atoms with Gasteiger partial charge in [0.15, 0.2) is 0 Å². The average molecular weight is 391 g/mol. The lowest BCUT2D eigenvalue weighted by Gasteiger charge is -2.27. The number of carbonyl (C=O) groups is 3. The molecular formula is C23H25N3O3. The van der Waals surface area contributed by atoms with Gasteiger partial charge in [0.05, 0.1) is 11.1 Å². The summed E-state index contributed by atoms with van der Waals surface area (Å²) in [5, 5.41) is 2.95. The zero-order valence-corrected chi connectivity index (χ0v) is 16.6. The highest BCUT2D eigenvalue weighted by molar-refractivity contribution is 6.21. The topological polar surface area (TPSA) is 69.7 Å². The first-order valence-corrected chi connectivity index (χ1v) is 10.1. The summed E-state index contributed by atoms with van der Waals surface area (Å²) in [6.45, 7) is 3.56. The first kappa shape index (κ1) is 19.3. The van der Waals surface area contributed by atoms with Crippen molar-refractivity contribution in [2.24, 2.45) is 0 Å². The molecule has 0 atom stereocenters. The van der Waals surface area contributed by atoms with Gasteiger partial charge in [-0.05, 0) is 55.3 Å². The number of nitrogens with zero attached hydrogens (tertiary/aromatic N) is 2. The Morgan fingerprint density at radius 1 is 0.931 bits per heavy atom. The Labute approximate surface area is 170 Å². The van der Waals surface area contributed by atoms with Gasteiger partial charge in [0.25, 0.3) is 17.7 Å². The van der Waals surface area contributed by atoms with Crippen LogP contribution in [0.1, 0.15) is 61.5 Å². The molecule has 4 rings (SSSR count). The van der Waals surface area contributed by atoms with E-state index in [2.05, 4.69) is 16.3 Å². The second kappa shape index (κ2) is 8.17. The molecule has 1 fully saturated rings. The number of hydrogen-bond acceptors (Lipinski definition) is 4. The molecule has 2 aliphatic rings. The number of carbonyl (C=O) groups excluding carboxylic acids is 3. The van der Waals surface area contributed by atoms with Gasteiger partial charge in [-0.15, -0.1) is 0 Å². The van der Waals surface area contributed by atoms with Crippen LogP contribution >= 0.6 is 0 Å². The Morgan fingerprint density at radius 2 is 1.62 bits per heavy atom. The van der Waals surface area contributed by atoms with Gasteiger partial charge in [-0.25, -0.2) is 0 Å². The van der Waals surface area contributed by atoms with Crippen molar-refractivity contribution >= 4 is 17.7 Å². The van der Waals surface area contributed by atoms with Gasteiger partial charge in [-0.3, -0.25) is 24.2 Å². The van der Waals surface area contributed by atoms with Crippen LogP contribution in [0.4, 0.5) is 0 Å². The highest BCUT2D eigenvalue weighted by Crippen LogP contribution is 2.23. The van der Waals surface area contributed by atoms with Gasteiger partial charge in [0.1, 0.15) is 0 Å². The van der Waals surface area contributed by atoms with Crippen molar-refractivity contribution in [1.29, 1.82) is 0 Å². The third-order valence-electron chi connectivity index (χ3n) is 5.75. The van der Waals surface area contributed by atoms with E-state index in [1.54, 1.807) is 12.1 Å². The molecule has 0 aromatic heterocycles. The van der Waals surface area contributed by atoms with Gasteiger partial charge in [0, 0.05) is 25.7 Å². The van der Waals surface area contributed by atoms with Crippen molar-refractivity contribution < 1.29 is 14.4 Å². The molecule has 0 radical (unpaired) electrons. The van der Waals surface area contributed by atoms with Gasteiger partial charge in [-0.1, -0.05) is 30.7 Å². The zero-order valence-electron chi connectivity index (χ0n) is 16.6. The first-order chi connectivity index (χ1) is 14.0. The highest BCUT2D eigenvalue weighted by Gasteiger charge is 2.33. The minimum atomic E-state index is -0.369. The molecule has 0 aliphatic carbocycles. The van der Waals surface area contributed by atoms with E-state index in [0.29, 0.717) is 17.7 Å². The maximum atomic E-state index is 12.7. The molecule has 0 saturated carbocycles. The van der Waals surface area contributed by atoms with E-state index in [1.807, 2.05) is 18.2 Å². The molecule has 0 spiro atoms. The summed E-state index contributed by atoms with van der Waals surface area (Å²) in [7, 11) is 1.45.